The first-order valence-corrected chi connectivity index (χ1v) is 12.1. The van der Waals surface area contributed by atoms with Gasteiger partial charge in [0.25, 0.3) is 5.91 Å². The number of hydrogen-bond donors (Lipinski definition) is 2. The molecule has 1 amide bonds. The Hall–Kier alpha value is -2.80. The second kappa shape index (κ2) is 9.77. The minimum atomic E-state index is -0.132. The number of aryl methyl sites for hydroxylation is 2. The number of carbonyl (C=O) groups is 1. The van der Waals surface area contributed by atoms with Crippen LogP contribution in [-0.4, -0.2) is 31.7 Å². The number of nitrogens with two attached hydrogens (primary N) is 1. The van der Waals surface area contributed by atoms with Gasteiger partial charge in [-0.3, -0.25) is 4.79 Å². The van der Waals surface area contributed by atoms with Gasteiger partial charge < -0.3 is 20.5 Å². The van der Waals surface area contributed by atoms with E-state index in [4.69, 9.17) is 20.2 Å². The zero-order chi connectivity index (χ0) is 22.7. The van der Waals surface area contributed by atoms with Crippen LogP contribution in [0, 0.1) is 0 Å². The van der Waals surface area contributed by atoms with Gasteiger partial charge in [-0.15, -0.1) is 11.3 Å². The molecule has 1 aliphatic rings. The summed E-state index contributed by atoms with van der Waals surface area (Å²) in [6, 6.07) is 5.79. The summed E-state index contributed by atoms with van der Waals surface area (Å²) in [5.41, 5.74) is 12.1. The smallest absolute Gasteiger partial charge is 0.263 e. The molecule has 0 bridgehead atoms. The Morgan fingerprint density at radius 1 is 1.12 bits per heavy atom. The molecule has 4 rings (SSSR count). The molecule has 0 spiro atoms. The highest BCUT2D eigenvalue weighted by atomic mass is 32.1. The normalized spacial score (nSPS) is 13.1. The van der Waals surface area contributed by atoms with Crippen molar-refractivity contribution < 1.29 is 14.3 Å². The molecule has 3 N–H and O–H groups in total. The number of pyridine rings is 1. The molecule has 7 heteroatoms. The lowest BCUT2D eigenvalue weighted by Crippen LogP contribution is -2.25. The van der Waals surface area contributed by atoms with Gasteiger partial charge in [0, 0.05) is 17.6 Å². The quantitative estimate of drug-likeness (QED) is 0.516. The molecule has 32 heavy (non-hydrogen) atoms. The molecule has 1 aliphatic carbocycles. The van der Waals surface area contributed by atoms with Crippen LogP contribution in [0.2, 0.25) is 0 Å². The summed E-state index contributed by atoms with van der Waals surface area (Å²) >= 11 is 1.42. The third kappa shape index (κ3) is 4.26. The van der Waals surface area contributed by atoms with Crippen molar-refractivity contribution in [2.24, 2.45) is 0 Å². The first-order valence-electron chi connectivity index (χ1n) is 11.3. The summed E-state index contributed by atoms with van der Waals surface area (Å²) in [6.45, 7) is 2.69. The van der Waals surface area contributed by atoms with Gasteiger partial charge in [0.15, 0.2) is 11.5 Å². The molecule has 6 nitrogen and oxygen atoms in total. The van der Waals surface area contributed by atoms with Gasteiger partial charge in [0.05, 0.1) is 19.9 Å². The summed E-state index contributed by atoms with van der Waals surface area (Å²) in [7, 11) is 3.23. The van der Waals surface area contributed by atoms with Gasteiger partial charge in [-0.2, -0.15) is 0 Å². The minimum Gasteiger partial charge on any atom is -0.493 e. The fourth-order valence-corrected chi connectivity index (χ4v) is 5.60. The Morgan fingerprint density at radius 2 is 1.88 bits per heavy atom. The fourth-order valence-electron chi connectivity index (χ4n) is 4.54. The van der Waals surface area contributed by atoms with Crippen LogP contribution in [0.25, 0.3) is 10.2 Å². The number of aromatic nitrogens is 1. The number of rotatable bonds is 8. The molecule has 0 saturated heterocycles. The average molecular weight is 454 g/mol. The van der Waals surface area contributed by atoms with Crippen molar-refractivity contribution >= 4 is 33.1 Å². The van der Waals surface area contributed by atoms with Gasteiger partial charge in [-0.05, 0) is 67.3 Å². The third-order valence-corrected chi connectivity index (χ3v) is 7.22. The number of nitrogens with one attached hydrogen (secondary N) is 1. The highest BCUT2D eigenvalue weighted by molar-refractivity contribution is 7.21. The second-order valence-electron chi connectivity index (χ2n) is 8.19. The van der Waals surface area contributed by atoms with Gasteiger partial charge >= 0.3 is 0 Å². The van der Waals surface area contributed by atoms with Crippen LogP contribution in [0.4, 0.5) is 5.69 Å². The first-order chi connectivity index (χ1) is 15.6. The van der Waals surface area contributed by atoms with Crippen molar-refractivity contribution in [1.82, 2.24) is 10.3 Å². The Morgan fingerprint density at radius 3 is 2.59 bits per heavy atom. The predicted molar refractivity (Wildman–Crippen MR) is 130 cm³/mol. The lowest BCUT2D eigenvalue weighted by atomic mass is 9.87. The van der Waals surface area contributed by atoms with Crippen LogP contribution in [0.5, 0.6) is 11.5 Å². The van der Waals surface area contributed by atoms with Crippen molar-refractivity contribution in [3.05, 3.63) is 45.5 Å². The second-order valence-corrected chi connectivity index (χ2v) is 9.19. The van der Waals surface area contributed by atoms with E-state index in [1.54, 1.807) is 14.2 Å². The Kier molecular flexibility index (Phi) is 6.84. The van der Waals surface area contributed by atoms with Crippen molar-refractivity contribution in [2.45, 2.75) is 51.9 Å². The maximum atomic E-state index is 13.0. The lowest BCUT2D eigenvalue weighted by Gasteiger charge is -2.20. The number of hydrogen-bond acceptors (Lipinski definition) is 6. The number of nitrogens with zero attached hydrogens (tertiary/aromatic N) is 1. The van der Waals surface area contributed by atoms with Crippen LogP contribution in [-0.2, 0) is 25.7 Å². The zero-order valence-corrected chi connectivity index (χ0v) is 19.9. The van der Waals surface area contributed by atoms with E-state index in [0.717, 1.165) is 41.5 Å². The van der Waals surface area contributed by atoms with Crippen LogP contribution in [0.3, 0.4) is 0 Å². The maximum absolute atomic E-state index is 13.0. The van der Waals surface area contributed by atoms with Crippen molar-refractivity contribution in [3.8, 4) is 11.5 Å². The molecule has 0 radical (unpaired) electrons. The largest absolute Gasteiger partial charge is 0.493 e. The van der Waals surface area contributed by atoms with Crippen molar-refractivity contribution in [2.75, 3.05) is 26.5 Å². The molecular weight excluding hydrogens is 422 g/mol. The van der Waals surface area contributed by atoms with E-state index in [9.17, 15) is 4.79 Å². The van der Waals surface area contributed by atoms with Crippen LogP contribution in [0.1, 0.15) is 58.2 Å². The van der Waals surface area contributed by atoms with Crippen molar-refractivity contribution in [3.63, 3.8) is 0 Å². The molecule has 3 aromatic rings. The van der Waals surface area contributed by atoms with Gasteiger partial charge in [0.2, 0.25) is 0 Å². The number of nitrogen functional groups attached to an aromatic ring is 1. The molecule has 0 aliphatic heterocycles. The predicted octanol–water partition coefficient (Wildman–Crippen LogP) is 4.70. The zero-order valence-electron chi connectivity index (χ0n) is 19.0. The topological polar surface area (TPSA) is 86.5 Å². The van der Waals surface area contributed by atoms with E-state index in [0.29, 0.717) is 35.0 Å². The van der Waals surface area contributed by atoms with E-state index in [-0.39, 0.29) is 5.91 Å². The summed E-state index contributed by atoms with van der Waals surface area (Å²) < 4.78 is 10.6. The van der Waals surface area contributed by atoms with Gasteiger partial charge in [0.1, 0.15) is 9.71 Å². The number of carbonyl (C=O) groups excluding carboxylic acids is 1. The summed E-state index contributed by atoms with van der Waals surface area (Å²) in [5.74, 6) is 1.24. The SMILES string of the molecule is CCCc1nc2sc(C(=O)NCCc3ccc(OC)c(OC)c3)c(N)c2c2c1CCCC2. The minimum absolute atomic E-state index is 0.132. The van der Waals surface area contributed by atoms with Crippen molar-refractivity contribution in [1.29, 1.82) is 0 Å². The van der Waals surface area contributed by atoms with E-state index in [1.807, 2.05) is 18.2 Å². The van der Waals surface area contributed by atoms with Crippen LogP contribution >= 0.6 is 11.3 Å². The molecule has 2 heterocycles. The van der Waals surface area contributed by atoms with Gasteiger partial charge in [-0.1, -0.05) is 19.4 Å². The van der Waals surface area contributed by atoms with E-state index < -0.39 is 0 Å². The number of benzene rings is 1. The van der Waals surface area contributed by atoms with E-state index in [1.165, 1.54) is 41.0 Å². The van der Waals surface area contributed by atoms with E-state index >= 15 is 0 Å². The summed E-state index contributed by atoms with van der Waals surface area (Å²) in [4.78, 5) is 19.4. The number of fused-ring (bicyclic) bond motifs is 3. The fraction of sp³-hybridized carbons (Fsp3) is 0.440. The average Bonchev–Trinajstić information content (AvgIpc) is 3.15. The third-order valence-electron chi connectivity index (χ3n) is 6.12. The Bertz CT molecular complexity index is 1140. The number of thiophene rings is 1. The molecule has 1 aromatic carbocycles. The Labute approximate surface area is 193 Å². The molecule has 0 unspecified atom stereocenters. The van der Waals surface area contributed by atoms with Crippen LogP contribution < -0.4 is 20.5 Å². The monoisotopic (exact) mass is 453 g/mol. The standard InChI is InChI=1S/C25H31N3O3S/c1-4-7-18-16-8-5-6-9-17(16)21-22(26)23(32-25(21)28-18)24(29)27-13-12-15-10-11-19(30-2)20(14-15)31-3/h10-11,14H,4-9,12-13,26H2,1-3H3,(H,27,29). The number of anilines is 1. The molecule has 0 atom stereocenters. The van der Waals surface area contributed by atoms with E-state index in [2.05, 4.69) is 12.2 Å². The number of ether oxygens (including phenoxy) is 2. The molecule has 0 fully saturated rings. The summed E-state index contributed by atoms with van der Waals surface area (Å²) in [6.07, 6.45) is 7.18. The number of amides is 1. The Balaban J connectivity index is 1.53. The molecular formula is C25H31N3O3S. The molecule has 170 valence electrons. The summed E-state index contributed by atoms with van der Waals surface area (Å²) in [5, 5.41) is 4.04. The first kappa shape index (κ1) is 22.4. The molecule has 2 aromatic heterocycles. The maximum Gasteiger partial charge on any atom is 0.263 e. The number of methoxy groups -OCH3 is 2. The lowest BCUT2D eigenvalue weighted by molar-refractivity contribution is 0.0959. The highest BCUT2D eigenvalue weighted by Gasteiger charge is 2.24. The van der Waals surface area contributed by atoms with Crippen LogP contribution in [0.15, 0.2) is 18.2 Å². The molecule has 0 saturated carbocycles. The van der Waals surface area contributed by atoms with Gasteiger partial charge in [-0.25, -0.2) is 4.98 Å². The highest BCUT2D eigenvalue weighted by Crippen LogP contribution is 2.40.